The molecule has 1 saturated carbocycles. The lowest BCUT2D eigenvalue weighted by atomic mass is 10.1. The Morgan fingerprint density at radius 3 is 2.67 bits per heavy atom. The molecule has 1 amide bonds. The number of nitrogens with one attached hydrogen (secondary N) is 1. The van der Waals surface area contributed by atoms with E-state index in [-0.39, 0.29) is 5.91 Å². The Morgan fingerprint density at radius 1 is 1.33 bits per heavy atom. The van der Waals surface area contributed by atoms with E-state index in [0.717, 1.165) is 12.8 Å². The molecule has 0 aromatic rings. The van der Waals surface area contributed by atoms with Crippen LogP contribution < -0.4 is 5.32 Å². The fourth-order valence-corrected chi connectivity index (χ4v) is 1.24. The van der Waals surface area contributed by atoms with E-state index in [0.29, 0.717) is 6.04 Å². The predicted molar refractivity (Wildman–Crippen MR) is 49.9 cm³/mol. The Labute approximate surface area is 74.7 Å². The van der Waals surface area contributed by atoms with Crippen molar-refractivity contribution in [2.75, 3.05) is 0 Å². The van der Waals surface area contributed by atoms with Gasteiger partial charge >= 0.3 is 0 Å². The minimum absolute atomic E-state index is 0.258. The van der Waals surface area contributed by atoms with Gasteiger partial charge in [0.2, 0.25) is 5.91 Å². The van der Waals surface area contributed by atoms with Crippen LogP contribution in [-0.4, -0.2) is 11.9 Å². The average molecular weight is 169 g/mol. The molecule has 2 heteroatoms. The molecule has 0 atom stereocenters. The van der Waals surface area contributed by atoms with E-state index < -0.39 is 0 Å². The Kier molecular flexibility index (Phi) is 4.12. The molecule has 0 aromatic carbocycles. The van der Waals surface area contributed by atoms with Crippen LogP contribution in [0, 0.1) is 0 Å². The maximum Gasteiger partial charge on any atom is 0.220 e. The van der Waals surface area contributed by atoms with Crippen molar-refractivity contribution >= 4 is 5.91 Å². The zero-order chi connectivity index (χ0) is 8.81. The number of amides is 1. The molecule has 0 unspecified atom stereocenters. The van der Waals surface area contributed by atoms with Crippen LogP contribution in [0.3, 0.4) is 0 Å². The normalized spacial score (nSPS) is 16.1. The van der Waals surface area contributed by atoms with Crippen LogP contribution in [0.15, 0.2) is 0 Å². The van der Waals surface area contributed by atoms with Crippen LogP contribution in [0.5, 0.6) is 0 Å². The molecule has 0 spiro atoms. The third-order valence-corrected chi connectivity index (χ3v) is 2.20. The van der Waals surface area contributed by atoms with E-state index in [1.165, 1.54) is 32.1 Å². The van der Waals surface area contributed by atoms with E-state index in [1.54, 1.807) is 0 Å². The first-order valence-electron chi connectivity index (χ1n) is 5.12. The summed E-state index contributed by atoms with van der Waals surface area (Å²) in [6.07, 6.45) is 7.89. The quantitative estimate of drug-likeness (QED) is 0.607. The Hall–Kier alpha value is -0.530. The monoisotopic (exact) mass is 169 g/mol. The summed E-state index contributed by atoms with van der Waals surface area (Å²) in [5.74, 6) is 0.258. The van der Waals surface area contributed by atoms with E-state index in [1.807, 2.05) is 0 Å². The van der Waals surface area contributed by atoms with Crippen LogP contribution in [0.25, 0.3) is 0 Å². The van der Waals surface area contributed by atoms with E-state index in [4.69, 9.17) is 0 Å². The highest BCUT2D eigenvalue weighted by molar-refractivity contribution is 5.76. The summed E-state index contributed by atoms with van der Waals surface area (Å²) < 4.78 is 0. The first-order valence-corrected chi connectivity index (χ1v) is 5.12. The van der Waals surface area contributed by atoms with Crippen molar-refractivity contribution in [3.8, 4) is 0 Å². The Bertz CT molecular complexity index is 141. The van der Waals surface area contributed by atoms with Gasteiger partial charge in [0.25, 0.3) is 0 Å². The van der Waals surface area contributed by atoms with Gasteiger partial charge in [-0.25, -0.2) is 0 Å². The summed E-state index contributed by atoms with van der Waals surface area (Å²) in [7, 11) is 0. The van der Waals surface area contributed by atoms with Gasteiger partial charge in [0.05, 0.1) is 0 Å². The van der Waals surface area contributed by atoms with E-state index in [2.05, 4.69) is 12.2 Å². The third kappa shape index (κ3) is 4.37. The van der Waals surface area contributed by atoms with Crippen molar-refractivity contribution in [3.05, 3.63) is 0 Å². The lowest BCUT2D eigenvalue weighted by molar-refractivity contribution is -0.121. The highest BCUT2D eigenvalue weighted by atomic mass is 16.1. The SMILES string of the molecule is CCCCCCC(=O)NC1CC1. The first-order chi connectivity index (χ1) is 5.83. The first kappa shape index (κ1) is 9.56. The average Bonchev–Trinajstić information content (AvgIpc) is 2.82. The van der Waals surface area contributed by atoms with Gasteiger partial charge in [-0.1, -0.05) is 26.2 Å². The second-order valence-corrected chi connectivity index (χ2v) is 3.65. The second kappa shape index (κ2) is 5.18. The van der Waals surface area contributed by atoms with Crippen LogP contribution >= 0.6 is 0 Å². The van der Waals surface area contributed by atoms with Crippen LogP contribution in [-0.2, 0) is 4.79 Å². The Morgan fingerprint density at radius 2 is 2.08 bits per heavy atom. The third-order valence-electron chi connectivity index (χ3n) is 2.20. The summed E-state index contributed by atoms with van der Waals surface area (Å²) in [6, 6.07) is 0.531. The maximum atomic E-state index is 11.1. The molecule has 1 fully saturated rings. The minimum Gasteiger partial charge on any atom is -0.353 e. The molecule has 0 saturated heterocycles. The molecule has 1 N–H and O–H groups in total. The summed E-state index contributed by atoms with van der Waals surface area (Å²) >= 11 is 0. The van der Waals surface area contributed by atoms with Crippen LogP contribution in [0.2, 0.25) is 0 Å². The second-order valence-electron chi connectivity index (χ2n) is 3.65. The van der Waals surface area contributed by atoms with Gasteiger partial charge in [-0.05, 0) is 19.3 Å². The summed E-state index contributed by atoms with van der Waals surface area (Å²) in [6.45, 7) is 2.18. The van der Waals surface area contributed by atoms with E-state index in [9.17, 15) is 4.79 Å². The molecule has 2 nitrogen and oxygen atoms in total. The van der Waals surface area contributed by atoms with Gasteiger partial charge in [-0.3, -0.25) is 4.79 Å². The van der Waals surface area contributed by atoms with Gasteiger partial charge in [0.15, 0.2) is 0 Å². The van der Waals surface area contributed by atoms with Crippen molar-refractivity contribution in [2.24, 2.45) is 0 Å². The molecule has 70 valence electrons. The molecule has 0 aliphatic heterocycles. The largest absolute Gasteiger partial charge is 0.353 e. The van der Waals surface area contributed by atoms with Gasteiger partial charge in [0.1, 0.15) is 0 Å². The van der Waals surface area contributed by atoms with Gasteiger partial charge < -0.3 is 5.32 Å². The van der Waals surface area contributed by atoms with Gasteiger partial charge in [0, 0.05) is 12.5 Å². The van der Waals surface area contributed by atoms with Crippen molar-refractivity contribution in [1.82, 2.24) is 5.32 Å². The molecule has 0 radical (unpaired) electrons. The van der Waals surface area contributed by atoms with Crippen molar-refractivity contribution in [1.29, 1.82) is 0 Å². The number of carbonyl (C=O) groups excluding carboxylic acids is 1. The summed E-state index contributed by atoms with van der Waals surface area (Å²) in [5, 5.41) is 2.99. The standard InChI is InChI=1S/C10H19NO/c1-2-3-4-5-6-10(12)11-9-7-8-9/h9H,2-8H2,1H3,(H,11,12). The molecule has 0 aromatic heterocycles. The molecule has 0 bridgehead atoms. The minimum atomic E-state index is 0.258. The number of hydrogen-bond donors (Lipinski definition) is 1. The summed E-state index contributed by atoms with van der Waals surface area (Å²) in [5.41, 5.74) is 0. The van der Waals surface area contributed by atoms with E-state index >= 15 is 0 Å². The molecule has 1 aliphatic rings. The fourth-order valence-electron chi connectivity index (χ4n) is 1.24. The number of hydrogen-bond acceptors (Lipinski definition) is 1. The van der Waals surface area contributed by atoms with Gasteiger partial charge in [-0.15, -0.1) is 0 Å². The Balaban J connectivity index is 1.87. The molecule has 12 heavy (non-hydrogen) atoms. The zero-order valence-corrected chi connectivity index (χ0v) is 7.94. The summed E-state index contributed by atoms with van der Waals surface area (Å²) in [4.78, 5) is 11.1. The van der Waals surface area contributed by atoms with Crippen molar-refractivity contribution in [3.63, 3.8) is 0 Å². The molecular formula is C10H19NO. The smallest absolute Gasteiger partial charge is 0.220 e. The van der Waals surface area contributed by atoms with Crippen molar-refractivity contribution in [2.45, 2.75) is 57.9 Å². The van der Waals surface area contributed by atoms with Crippen molar-refractivity contribution < 1.29 is 4.79 Å². The molecular weight excluding hydrogens is 150 g/mol. The molecule has 0 heterocycles. The highest BCUT2D eigenvalue weighted by Gasteiger charge is 2.22. The maximum absolute atomic E-state index is 11.1. The van der Waals surface area contributed by atoms with Crippen LogP contribution in [0.1, 0.15) is 51.9 Å². The van der Waals surface area contributed by atoms with Gasteiger partial charge in [-0.2, -0.15) is 0 Å². The topological polar surface area (TPSA) is 29.1 Å². The lowest BCUT2D eigenvalue weighted by Crippen LogP contribution is -2.24. The highest BCUT2D eigenvalue weighted by Crippen LogP contribution is 2.18. The lowest BCUT2D eigenvalue weighted by Gasteiger charge is -2.01. The number of rotatable bonds is 6. The number of carbonyl (C=O) groups is 1. The predicted octanol–water partition coefficient (Wildman–Crippen LogP) is 2.24. The molecule has 1 aliphatic carbocycles. The zero-order valence-electron chi connectivity index (χ0n) is 7.94. The molecule has 1 rings (SSSR count). The fraction of sp³-hybridized carbons (Fsp3) is 0.900. The number of unbranched alkanes of at least 4 members (excludes halogenated alkanes) is 3. The van der Waals surface area contributed by atoms with Crippen LogP contribution in [0.4, 0.5) is 0 Å².